The molecule has 1 aromatic rings. The molecule has 0 radical (unpaired) electrons. The van der Waals surface area contributed by atoms with Gasteiger partial charge in [0.2, 0.25) is 0 Å². The second kappa shape index (κ2) is 4.86. The zero-order chi connectivity index (χ0) is 12.4. The van der Waals surface area contributed by atoms with Crippen LogP contribution in [0.2, 0.25) is 0 Å². The molecule has 2 atom stereocenters. The minimum absolute atomic E-state index is 0.0760. The van der Waals surface area contributed by atoms with Crippen LogP contribution in [0.3, 0.4) is 0 Å². The molecule has 0 saturated carbocycles. The van der Waals surface area contributed by atoms with Crippen molar-refractivity contribution in [3.05, 3.63) is 29.6 Å². The number of pyridine rings is 1. The Bertz CT molecular complexity index is 406. The van der Waals surface area contributed by atoms with E-state index >= 15 is 0 Å². The topological polar surface area (TPSA) is 33.2 Å². The second-order valence-corrected chi connectivity index (χ2v) is 5.32. The molecule has 2 unspecified atom stereocenters. The zero-order valence-electron chi connectivity index (χ0n) is 10.8. The first-order chi connectivity index (χ1) is 8.06. The molecule has 1 amide bonds. The number of aromatic nitrogens is 1. The fourth-order valence-electron chi connectivity index (χ4n) is 2.65. The molecular formula is C14H20N2O. The summed E-state index contributed by atoms with van der Waals surface area (Å²) in [6.45, 7) is 8.05. The third kappa shape index (κ3) is 2.84. The van der Waals surface area contributed by atoms with Gasteiger partial charge in [-0.15, -0.1) is 0 Å². The van der Waals surface area contributed by atoms with Crippen LogP contribution in [0.1, 0.15) is 36.5 Å². The number of aryl methyl sites for hydroxylation is 1. The van der Waals surface area contributed by atoms with Gasteiger partial charge < -0.3 is 4.90 Å². The van der Waals surface area contributed by atoms with Gasteiger partial charge in [-0.25, -0.2) is 4.98 Å². The summed E-state index contributed by atoms with van der Waals surface area (Å²) in [7, 11) is 0. The minimum atomic E-state index is 0.0760. The lowest BCUT2D eigenvalue weighted by atomic mass is 9.92. The van der Waals surface area contributed by atoms with Gasteiger partial charge in [0.15, 0.2) is 0 Å². The third-order valence-electron chi connectivity index (χ3n) is 3.26. The van der Waals surface area contributed by atoms with Crippen molar-refractivity contribution in [2.45, 2.75) is 27.2 Å². The summed E-state index contributed by atoms with van der Waals surface area (Å²) in [4.78, 5) is 18.6. The van der Waals surface area contributed by atoms with Crippen LogP contribution in [-0.4, -0.2) is 28.9 Å². The highest BCUT2D eigenvalue weighted by atomic mass is 16.2. The van der Waals surface area contributed by atoms with E-state index < -0.39 is 0 Å². The second-order valence-electron chi connectivity index (χ2n) is 5.32. The molecule has 1 aliphatic heterocycles. The molecule has 1 fully saturated rings. The Morgan fingerprint density at radius 1 is 1.29 bits per heavy atom. The molecule has 2 rings (SSSR count). The Kier molecular flexibility index (Phi) is 3.46. The van der Waals surface area contributed by atoms with Gasteiger partial charge >= 0.3 is 0 Å². The standard InChI is InChI=1S/C14H20N2O/c1-10-7-11(2)9-16(8-10)14(17)13-6-4-5-12(3)15-13/h4-6,10-11H,7-9H2,1-3H3. The fraction of sp³-hybridized carbons (Fsp3) is 0.571. The molecular weight excluding hydrogens is 212 g/mol. The smallest absolute Gasteiger partial charge is 0.272 e. The lowest BCUT2D eigenvalue weighted by Crippen LogP contribution is -2.42. The van der Waals surface area contributed by atoms with Gasteiger partial charge in [0.1, 0.15) is 5.69 Å². The molecule has 0 N–H and O–H groups in total. The van der Waals surface area contributed by atoms with E-state index in [0.717, 1.165) is 18.8 Å². The quantitative estimate of drug-likeness (QED) is 0.745. The summed E-state index contributed by atoms with van der Waals surface area (Å²) in [5.41, 5.74) is 1.47. The predicted octanol–water partition coefficient (Wildman–Crippen LogP) is 2.51. The largest absolute Gasteiger partial charge is 0.337 e. The average molecular weight is 232 g/mol. The number of carbonyl (C=O) groups excluding carboxylic acids is 1. The lowest BCUT2D eigenvalue weighted by Gasteiger charge is -2.34. The monoisotopic (exact) mass is 232 g/mol. The van der Waals surface area contributed by atoms with Crippen molar-refractivity contribution in [3.8, 4) is 0 Å². The van der Waals surface area contributed by atoms with E-state index in [0.29, 0.717) is 17.5 Å². The molecule has 2 heterocycles. The normalized spacial score (nSPS) is 24.8. The first-order valence-electron chi connectivity index (χ1n) is 6.29. The summed E-state index contributed by atoms with van der Waals surface area (Å²) < 4.78 is 0. The highest BCUT2D eigenvalue weighted by Gasteiger charge is 2.26. The van der Waals surface area contributed by atoms with Crippen LogP contribution in [0.25, 0.3) is 0 Å². The summed E-state index contributed by atoms with van der Waals surface area (Å²) in [5.74, 6) is 1.26. The van der Waals surface area contributed by atoms with E-state index in [9.17, 15) is 4.79 Å². The molecule has 0 bridgehead atoms. The summed E-state index contributed by atoms with van der Waals surface area (Å²) in [6, 6.07) is 5.61. The van der Waals surface area contributed by atoms with E-state index in [1.54, 1.807) is 6.07 Å². The van der Waals surface area contributed by atoms with Crippen molar-refractivity contribution in [2.75, 3.05) is 13.1 Å². The van der Waals surface area contributed by atoms with Gasteiger partial charge in [0.05, 0.1) is 0 Å². The van der Waals surface area contributed by atoms with Crippen molar-refractivity contribution in [2.24, 2.45) is 11.8 Å². The summed E-state index contributed by atoms with van der Waals surface area (Å²) in [6.07, 6.45) is 1.21. The van der Waals surface area contributed by atoms with Crippen molar-refractivity contribution in [3.63, 3.8) is 0 Å². The zero-order valence-corrected chi connectivity index (χ0v) is 10.8. The SMILES string of the molecule is Cc1cccc(C(=O)N2CC(C)CC(C)C2)n1. The Hall–Kier alpha value is -1.38. The Balaban J connectivity index is 2.14. The fourth-order valence-corrected chi connectivity index (χ4v) is 2.65. The highest BCUT2D eigenvalue weighted by Crippen LogP contribution is 2.22. The highest BCUT2D eigenvalue weighted by molar-refractivity contribution is 5.92. The molecule has 0 aliphatic carbocycles. The summed E-state index contributed by atoms with van der Waals surface area (Å²) >= 11 is 0. The molecule has 1 saturated heterocycles. The van der Waals surface area contributed by atoms with Crippen LogP contribution in [0.5, 0.6) is 0 Å². The number of rotatable bonds is 1. The number of amides is 1. The molecule has 1 aromatic heterocycles. The van der Waals surface area contributed by atoms with Gasteiger partial charge in [-0.1, -0.05) is 19.9 Å². The van der Waals surface area contributed by atoms with Gasteiger partial charge in [0, 0.05) is 18.8 Å². The van der Waals surface area contributed by atoms with E-state index in [4.69, 9.17) is 0 Å². The van der Waals surface area contributed by atoms with Gasteiger partial charge in [-0.05, 0) is 37.3 Å². The van der Waals surface area contributed by atoms with E-state index in [2.05, 4.69) is 18.8 Å². The molecule has 17 heavy (non-hydrogen) atoms. The molecule has 1 aliphatic rings. The lowest BCUT2D eigenvalue weighted by molar-refractivity contribution is 0.0617. The predicted molar refractivity (Wildman–Crippen MR) is 67.8 cm³/mol. The number of carbonyl (C=O) groups is 1. The van der Waals surface area contributed by atoms with Crippen LogP contribution in [-0.2, 0) is 0 Å². The van der Waals surface area contributed by atoms with Crippen molar-refractivity contribution in [1.82, 2.24) is 9.88 Å². The van der Waals surface area contributed by atoms with E-state index in [1.807, 2.05) is 24.0 Å². The van der Waals surface area contributed by atoms with Gasteiger partial charge in [-0.3, -0.25) is 4.79 Å². The maximum Gasteiger partial charge on any atom is 0.272 e. The number of nitrogens with zero attached hydrogens (tertiary/aromatic N) is 2. The molecule has 0 aromatic carbocycles. The van der Waals surface area contributed by atoms with E-state index in [1.165, 1.54) is 6.42 Å². The van der Waals surface area contributed by atoms with Crippen LogP contribution >= 0.6 is 0 Å². The maximum atomic E-state index is 12.3. The van der Waals surface area contributed by atoms with Crippen molar-refractivity contribution >= 4 is 5.91 Å². The average Bonchev–Trinajstić information content (AvgIpc) is 2.26. The first-order valence-corrected chi connectivity index (χ1v) is 6.29. The Labute approximate surface area is 103 Å². The number of hydrogen-bond acceptors (Lipinski definition) is 2. The summed E-state index contributed by atoms with van der Waals surface area (Å²) in [5, 5.41) is 0. The number of hydrogen-bond donors (Lipinski definition) is 0. The maximum absolute atomic E-state index is 12.3. The third-order valence-corrected chi connectivity index (χ3v) is 3.26. The number of piperidine rings is 1. The van der Waals surface area contributed by atoms with Crippen LogP contribution in [0.4, 0.5) is 0 Å². The van der Waals surface area contributed by atoms with E-state index in [-0.39, 0.29) is 5.91 Å². The first kappa shape index (κ1) is 12.1. The van der Waals surface area contributed by atoms with Gasteiger partial charge in [-0.2, -0.15) is 0 Å². The van der Waals surface area contributed by atoms with Crippen LogP contribution in [0, 0.1) is 18.8 Å². The number of likely N-dealkylation sites (tertiary alicyclic amines) is 1. The van der Waals surface area contributed by atoms with Gasteiger partial charge in [0.25, 0.3) is 5.91 Å². The Morgan fingerprint density at radius 3 is 2.53 bits per heavy atom. The van der Waals surface area contributed by atoms with Crippen molar-refractivity contribution < 1.29 is 4.79 Å². The molecule has 3 nitrogen and oxygen atoms in total. The van der Waals surface area contributed by atoms with Crippen LogP contribution < -0.4 is 0 Å². The Morgan fingerprint density at radius 2 is 1.94 bits per heavy atom. The molecule has 92 valence electrons. The van der Waals surface area contributed by atoms with Crippen LogP contribution in [0.15, 0.2) is 18.2 Å². The molecule has 3 heteroatoms. The minimum Gasteiger partial charge on any atom is -0.337 e. The molecule has 0 spiro atoms. The van der Waals surface area contributed by atoms with Crippen molar-refractivity contribution in [1.29, 1.82) is 0 Å².